The molecule has 1 heterocycles. The van der Waals surface area contributed by atoms with E-state index in [0.717, 1.165) is 18.9 Å². The van der Waals surface area contributed by atoms with Crippen molar-refractivity contribution in [1.29, 1.82) is 0 Å². The average molecular weight is 266 g/mol. The van der Waals surface area contributed by atoms with Crippen LogP contribution in [0.5, 0.6) is 0 Å². The van der Waals surface area contributed by atoms with Gasteiger partial charge in [-0.2, -0.15) is 0 Å². The summed E-state index contributed by atoms with van der Waals surface area (Å²) in [7, 11) is 0. The molecule has 3 heteroatoms. The van der Waals surface area contributed by atoms with Gasteiger partial charge in [-0.1, -0.05) is 39.0 Å². The molecule has 1 aromatic heterocycles. The average Bonchev–Trinajstić information content (AvgIpc) is 2.89. The van der Waals surface area contributed by atoms with E-state index in [9.17, 15) is 0 Å². The Morgan fingerprint density at radius 3 is 2.83 bits per heavy atom. The molecule has 18 heavy (non-hydrogen) atoms. The topological polar surface area (TPSA) is 24.9 Å². The normalized spacial score (nSPS) is 19.0. The van der Waals surface area contributed by atoms with Gasteiger partial charge in [-0.3, -0.25) is 0 Å². The molecule has 0 aliphatic heterocycles. The van der Waals surface area contributed by atoms with Crippen molar-refractivity contribution >= 4 is 11.3 Å². The number of hydrogen-bond donors (Lipinski definition) is 1. The van der Waals surface area contributed by atoms with Crippen LogP contribution in [-0.4, -0.2) is 11.5 Å². The van der Waals surface area contributed by atoms with Gasteiger partial charge >= 0.3 is 0 Å². The highest BCUT2D eigenvalue weighted by Gasteiger charge is 2.14. The minimum Gasteiger partial charge on any atom is -0.308 e. The Kier molecular flexibility index (Phi) is 5.64. The van der Waals surface area contributed by atoms with Crippen molar-refractivity contribution in [2.45, 2.75) is 64.8 Å². The van der Waals surface area contributed by atoms with E-state index in [1.165, 1.54) is 48.4 Å². The van der Waals surface area contributed by atoms with Gasteiger partial charge in [0.1, 0.15) is 5.01 Å². The smallest absolute Gasteiger partial charge is 0.109 e. The molecule has 0 bridgehead atoms. The molecule has 1 aliphatic carbocycles. The highest BCUT2D eigenvalue weighted by atomic mass is 32.1. The van der Waals surface area contributed by atoms with Crippen molar-refractivity contribution in [1.82, 2.24) is 10.3 Å². The number of hydrogen-bond acceptors (Lipinski definition) is 3. The first-order valence-corrected chi connectivity index (χ1v) is 8.29. The summed E-state index contributed by atoms with van der Waals surface area (Å²) in [6.07, 6.45) is 11.7. The summed E-state index contributed by atoms with van der Waals surface area (Å²) in [4.78, 5) is 5.90. The number of nitrogens with one attached hydrogen (secondary N) is 1. The van der Waals surface area contributed by atoms with Gasteiger partial charge in [-0.15, -0.1) is 11.3 Å². The van der Waals surface area contributed by atoms with Crippen molar-refractivity contribution < 1.29 is 0 Å². The number of rotatable bonds is 6. The summed E-state index contributed by atoms with van der Waals surface area (Å²) in [5.41, 5.74) is 0. The second-order valence-electron chi connectivity index (χ2n) is 5.49. The summed E-state index contributed by atoms with van der Waals surface area (Å²) in [6.45, 7) is 5.57. The van der Waals surface area contributed by atoms with E-state index in [0.29, 0.717) is 6.04 Å². The van der Waals surface area contributed by atoms with Gasteiger partial charge in [0.15, 0.2) is 0 Å². The third-order valence-corrected chi connectivity index (χ3v) is 5.34. The van der Waals surface area contributed by atoms with Crippen molar-refractivity contribution in [3.8, 4) is 0 Å². The highest BCUT2D eigenvalue weighted by molar-refractivity contribution is 7.11. The van der Waals surface area contributed by atoms with Crippen LogP contribution in [0.2, 0.25) is 0 Å². The summed E-state index contributed by atoms with van der Waals surface area (Å²) in [5, 5.41) is 4.88. The lowest BCUT2D eigenvalue weighted by atomic mass is 9.87. The van der Waals surface area contributed by atoms with Gasteiger partial charge < -0.3 is 5.32 Å². The fourth-order valence-electron chi connectivity index (χ4n) is 2.75. The molecular formula is C15H26N2S. The zero-order valence-electron chi connectivity index (χ0n) is 11.7. The summed E-state index contributed by atoms with van der Waals surface area (Å²) in [5.74, 6) is 0.973. The van der Waals surface area contributed by atoms with Crippen LogP contribution >= 0.6 is 11.3 Å². The molecule has 0 spiro atoms. The monoisotopic (exact) mass is 266 g/mol. The van der Waals surface area contributed by atoms with E-state index in [1.54, 1.807) is 0 Å². The lowest BCUT2D eigenvalue weighted by molar-refractivity contribution is 0.329. The number of nitrogens with zero attached hydrogens (tertiary/aromatic N) is 1. The molecule has 0 amide bonds. The predicted molar refractivity (Wildman–Crippen MR) is 79.1 cm³/mol. The molecule has 1 aliphatic rings. The second-order valence-corrected chi connectivity index (χ2v) is 6.63. The van der Waals surface area contributed by atoms with Crippen LogP contribution in [0.15, 0.2) is 6.20 Å². The molecule has 1 aromatic rings. The van der Waals surface area contributed by atoms with Gasteiger partial charge in [0.25, 0.3) is 0 Å². The Labute approximate surface area is 115 Å². The third-order valence-electron chi connectivity index (χ3n) is 4.02. The zero-order chi connectivity index (χ0) is 12.8. The van der Waals surface area contributed by atoms with E-state index >= 15 is 0 Å². The summed E-state index contributed by atoms with van der Waals surface area (Å²) in [6, 6.07) is 0.416. The quantitative estimate of drug-likeness (QED) is 0.829. The Balaban J connectivity index is 1.69. The Hall–Kier alpha value is -0.410. The molecule has 1 N–H and O–H groups in total. The first-order chi connectivity index (χ1) is 8.79. The van der Waals surface area contributed by atoms with Crippen molar-refractivity contribution in [3.05, 3.63) is 16.1 Å². The Morgan fingerprint density at radius 1 is 1.39 bits per heavy atom. The minimum atomic E-state index is 0.416. The van der Waals surface area contributed by atoms with Crippen LogP contribution in [0.1, 0.15) is 68.3 Å². The second kappa shape index (κ2) is 7.25. The predicted octanol–water partition coefficient (Wildman–Crippen LogP) is 4.33. The largest absolute Gasteiger partial charge is 0.308 e. The van der Waals surface area contributed by atoms with Gasteiger partial charge in [0.2, 0.25) is 0 Å². The van der Waals surface area contributed by atoms with Crippen LogP contribution in [-0.2, 0) is 6.42 Å². The molecule has 102 valence electrons. The van der Waals surface area contributed by atoms with Crippen molar-refractivity contribution in [2.24, 2.45) is 5.92 Å². The van der Waals surface area contributed by atoms with Gasteiger partial charge in [0.05, 0.1) is 6.04 Å². The lowest BCUT2D eigenvalue weighted by Crippen LogP contribution is -2.22. The van der Waals surface area contributed by atoms with Crippen LogP contribution in [0.25, 0.3) is 0 Å². The van der Waals surface area contributed by atoms with E-state index in [1.807, 2.05) is 17.5 Å². The van der Waals surface area contributed by atoms with Crippen LogP contribution in [0.3, 0.4) is 0 Å². The zero-order valence-corrected chi connectivity index (χ0v) is 12.6. The molecule has 0 saturated heterocycles. The lowest BCUT2D eigenvalue weighted by Gasteiger charge is -2.22. The maximum Gasteiger partial charge on any atom is 0.109 e. The minimum absolute atomic E-state index is 0.416. The van der Waals surface area contributed by atoms with E-state index in [4.69, 9.17) is 0 Å². The van der Waals surface area contributed by atoms with Crippen LogP contribution in [0.4, 0.5) is 0 Å². The third kappa shape index (κ3) is 4.06. The molecule has 1 unspecified atom stereocenters. The van der Waals surface area contributed by atoms with E-state index < -0.39 is 0 Å². The Bertz CT molecular complexity index is 342. The molecule has 1 atom stereocenters. The molecule has 0 radical (unpaired) electrons. The molecule has 1 fully saturated rings. The van der Waals surface area contributed by atoms with Crippen LogP contribution in [0, 0.1) is 5.92 Å². The van der Waals surface area contributed by atoms with Gasteiger partial charge in [-0.05, 0) is 32.2 Å². The summed E-state index contributed by atoms with van der Waals surface area (Å²) < 4.78 is 0. The maximum absolute atomic E-state index is 4.51. The first-order valence-electron chi connectivity index (χ1n) is 7.47. The van der Waals surface area contributed by atoms with E-state index in [2.05, 4.69) is 24.1 Å². The van der Waals surface area contributed by atoms with Gasteiger partial charge in [-0.25, -0.2) is 4.98 Å². The van der Waals surface area contributed by atoms with Crippen molar-refractivity contribution in [2.75, 3.05) is 6.54 Å². The van der Waals surface area contributed by atoms with Crippen LogP contribution < -0.4 is 5.32 Å². The number of thiazole rings is 1. The van der Waals surface area contributed by atoms with Gasteiger partial charge in [0, 0.05) is 11.1 Å². The first kappa shape index (κ1) is 14.0. The molecule has 0 aromatic carbocycles. The highest BCUT2D eigenvalue weighted by Crippen LogP contribution is 2.26. The number of aryl methyl sites for hydroxylation is 1. The molecule has 1 saturated carbocycles. The molecular weight excluding hydrogens is 240 g/mol. The van der Waals surface area contributed by atoms with Crippen molar-refractivity contribution in [3.63, 3.8) is 0 Å². The number of aromatic nitrogens is 1. The fraction of sp³-hybridized carbons (Fsp3) is 0.800. The Morgan fingerprint density at radius 2 is 2.17 bits per heavy atom. The van der Waals surface area contributed by atoms with E-state index in [-0.39, 0.29) is 0 Å². The maximum atomic E-state index is 4.51. The molecule has 2 nitrogen and oxygen atoms in total. The summed E-state index contributed by atoms with van der Waals surface area (Å²) >= 11 is 1.85. The molecule has 2 rings (SSSR count). The SMILES string of the molecule is CCc1cnc(C(C)NCCC2CCCCC2)s1. The standard InChI is InChI=1S/C15H26N2S/c1-3-14-11-17-15(18-14)12(2)16-10-9-13-7-5-4-6-8-13/h11-13,16H,3-10H2,1-2H3. The fourth-order valence-corrected chi connectivity index (χ4v) is 3.64.